The van der Waals surface area contributed by atoms with Gasteiger partial charge in [-0.25, -0.2) is 4.79 Å². The molecule has 0 atom stereocenters. The van der Waals surface area contributed by atoms with Gasteiger partial charge in [-0.05, 0) is 31.0 Å². The number of rotatable bonds is 5. The fourth-order valence-electron chi connectivity index (χ4n) is 1.41. The highest BCUT2D eigenvalue weighted by atomic mass is 16.5. The molecule has 0 heterocycles. The number of benzene rings is 1. The molecule has 0 bridgehead atoms. The lowest BCUT2D eigenvalue weighted by Gasteiger charge is -2.06. The molecule has 3 heteroatoms. The molecular formula is C13H18O3. The molecule has 88 valence electrons. The van der Waals surface area contributed by atoms with Crippen molar-refractivity contribution < 1.29 is 14.6 Å². The molecule has 0 saturated heterocycles. The van der Waals surface area contributed by atoms with Gasteiger partial charge < -0.3 is 9.84 Å². The molecule has 0 fully saturated rings. The van der Waals surface area contributed by atoms with Crippen molar-refractivity contribution in [1.82, 2.24) is 0 Å². The van der Waals surface area contributed by atoms with Crippen LogP contribution >= 0.6 is 0 Å². The van der Waals surface area contributed by atoms with Crippen molar-refractivity contribution >= 4 is 5.97 Å². The Morgan fingerprint density at radius 2 is 2.12 bits per heavy atom. The lowest BCUT2D eigenvalue weighted by Crippen LogP contribution is -2.06. The normalized spacial score (nSPS) is 10.1. The SMILES string of the molecule is CCCCCOC(=O)c1ccc(C)cc1O. The Morgan fingerprint density at radius 1 is 1.38 bits per heavy atom. The van der Waals surface area contributed by atoms with E-state index in [1.807, 2.05) is 6.92 Å². The average molecular weight is 222 g/mol. The second-order valence-corrected chi connectivity index (χ2v) is 3.86. The Bertz CT molecular complexity index is 358. The van der Waals surface area contributed by atoms with Crippen LogP contribution in [0.1, 0.15) is 42.1 Å². The summed E-state index contributed by atoms with van der Waals surface area (Å²) in [7, 11) is 0. The standard InChI is InChI=1S/C13H18O3/c1-3-4-5-8-16-13(15)11-7-6-10(2)9-12(11)14/h6-7,9,14H,3-5,8H2,1-2H3. The van der Waals surface area contributed by atoms with Crippen LogP contribution in [0.2, 0.25) is 0 Å². The molecule has 3 nitrogen and oxygen atoms in total. The van der Waals surface area contributed by atoms with Gasteiger partial charge in [0.05, 0.1) is 6.61 Å². The third kappa shape index (κ3) is 3.57. The van der Waals surface area contributed by atoms with E-state index in [-0.39, 0.29) is 11.3 Å². The smallest absolute Gasteiger partial charge is 0.341 e. The van der Waals surface area contributed by atoms with Crippen LogP contribution in [-0.2, 0) is 4.74 Å². The van der Waals surface area contributed by atoms with Gasteiger partial charge in [0, 0.05) is 0 Å². The summed E-state index contributed by atoms with van der Waals surface area (Å²) < 4.78 is 5.05. The van der Waals surface area contributed by atoms with Gasteiger partial charge in [-0.15, -0.1) is 0 Å². The minimum atomic E-state index is -0.450. The lowest BCUT2D eigenvalue weighted by atomic mass is 10.1. The van der Waals surface area contributed by atoms with Gasteiger partial charge in [-0.2, -0.15) is 0 Å². The van der Waals surface area contributed by atoms with E-state index in [4.69, 9.17) is 4.74 Å². The predicted octanol–water partition coefficient (Wildman–Crippen LogP) is 3.05. The van der Waals surface area contributed by atoms with Crippen LogP contribution in [0.15, 0.2) is 18.2 Å². The minimum absolute atomic E-state index is 0.0134. The third-order valence-electron chi connectivity index (χ3n) is 2.35. The molecule has 0 saturated carbocycles. The predicted molar refractivity (Wildman–Crippen MR) is 62.7 cm³/mol. The van der Waals surface area contributed by atoms with E-state index in [1.54, 1.807) is 18.2 Å². The first-order chi connectivity index (χ1) is 7.65. The fraction of sp³-hybridized carbons (Fsp3) is 0.462. The average Bonchev–Trinajstić information content (AvgIpc) is 2.24. The van der Waals surface area contributed by atoms with Gasteiger partial charge >= 0.3 is 5.97 Å². The molecule has 1 aromatic carbocycles. The molecule has 0 aliphatic carbocycles. The first-order valence-electron chi connectivity index (χ1n) is 5.62. The molecule has 0 aliphatic heterocycles. The van der Waals surface area contributed by atoms with Crippen molar-refractivity contribution in [3.8, 4) is 5.75 Å². The molecule has 0 unspecified atom stereocenters. The maximum atomic E-state index is 11.6. The van der Waals surface area contributed by atoms with Gasteiger partial charge in [0.1, 0.15) is 11.3 Å². The van der Waals surface area contributed by atoms with Gasteiger partial charge in [0.15, 0.2) is 0 Å². The summed E-state index contributed by atoms with van der Waals surface area (Å²) in [6.07, 6.45) is 3.01. The van der Waals surface area contributed by atoms with Crippen molar-refractivity contribution in [3.63, 3.8) is 0 Å². The topological polar surface area (TPSA) is 46.5 Å². The summed E-state index contributed by atoms with van der Waals surface area (Å²) in [4.78, 5) is 11.6. The number of ether oxygens (including phenoxy) is 1. The number of aromatic hydroxyl groups is 1. The van der Waals surface area contributed by atoms with Crippen molar-refractivity contribution in [2.45, 2.75) is 33.1 Å². The highest BCUT2D eigenvalue weighted by molar-refractivity contribution is 5.92. The molecule has 0 aromatic heterocycles. The zero-order valence-corrected chi connectivity index (χ0v) is 9.82. The van der Waals surface area contributed by atoms with E-state index >= 15 is 0 Å². The van der Waals surface area contributed by atoms with E-state index < -0.39 is 5.97 Å². The third-order valence-corrected chi connectivity index (χ3v) is 2.35. The zero-order chi connectivity index (χ0) is 12.0. The number of hydrogen-bond acceptors (Lipinski definition) is 3. The second kappa shape index (κ2) is 6.16. The van der Waals surface area contributed by atoms with Crippen LogP contribution in [0.5, 0.6) is 5.75 Å². The number of esters is 1. The van der Waals surface area contributed by atoms with Crippen LogP contribution < -0.4 is 0 Å². The number of phenolic OH excluding ortho intramolecular Hbond substituents is 1. The number of carbonyl (C=O) groups excluding carboxylic acids is 1. The number of unbranched alkanes of at least 4 members (excludes halogenated alkanes) is 2. The van der Waals surface area contributed by atoms with Crippen LogP contribution in [0.4, 0.5) is 0 Å². The zero-order valence-electron chi connectivity index (χ0n) is 9.82. The first-order valence-corrected chi connectivity index (χ1v) is 5.62. The summed E-state index contributed by atoms with van der Waals surface area (Å²) in [5.74, 6) is -0.464. The van der Waals surface area contributed by atoms with Gasteiger partial charge in [0.2, 0.25) is 0 Å². The summed E-state index contributed by atoms with van der Waals surface area (Å²) in [5, 5.41) is 9.56. The molecule has 1 rings (SSSR count). The Balaban J connectivity index is 2.53. The molecule has 0 amide bonds. The Morgan fingerprint density at radius 3 is 2.75 bits per heavy atom. The molecule has 16 heavy (non-hydrogen) atoms. The number of hydrogen-bond donors (Lipinski definition) is 1. The molecule has 0 spiro atoms. The van der Waals surface area contributed by atoms with Crippen molar-refractivity contribution in [1.29, 1.82) is 0 Å². The summed E-state index contributed by atoms with van der Waals surface area (Å²) >= 11 is 0. The molecule has 0 radical (unpaired) electrons. The molecular weight excluding hydrogens is 204 g/mol. The van der Waals surface area contributed by atoms with Gasteiger partial charge in [-0.1, -0.05) is 25.8 Å². The Hall–Kier alpha value is -1.51. The van der Waals surface area contributed by atoms with Crippen LogP contribution in [0, 0.1) is 6.92 Å². The Labute approximate surface area is 96.1 Å². The highest BCUT2D eigenvalue weighted by Gasteiger charge is 2.11. The van der Waals surface area contributed by atoms with Crippen molar-refractivity contribution in [2.75, 3.05) is 6.61 Å². The van der Waals surface area contributed by atoms with Gasteiger partial charge in [-0.3, -0.25) is 0 Å². The van der Waals surface area contributed by atoms with Crippen LogP contribution in [0.3, 0.4) is 0 Å². The largest absolute Gasteiger partial charge is 0.507 e. The number of aryl methyl sites for hydroxylation is 1. The molecule has 0 aliphatic rings. The van der Waals surface area contributed by atoms with E-state index in [1.165, 1.54) is 0 Å². The quantitative estimate of drug-likeness (QED) is 0.615. The second-order valence-electron chi connectivity index (χ2n) is 3.86. The lowest BCUT2D eigenvalue weighted by molar-refractivity contribution is 0.0495. The monoisotopic (exact) mass is 222 g/mol. The minimum Gasteiger partial charge on any atom is -0.507 e. The van der Waals surface area contributed by atoms with Crippen molar-refractivity contribution in [3.05, 3.63) is 29.3 Å². The maximum absolute atomic E-state index is 11.6. The van der Waals surface area contributed by atoms with E-state index in [0.717, 1.165) is 24.8 Å². The molecule has 1 N–H and O–H groups in total. The van der Waals surface area contributed by atoms with Crippen LogP contribution in [0.25, 0.3) is 0 Å². The van der Waals surface area contributed by atoms with E-state index in [2.05, 4.69) is 6.92 Å². The van der Waals surface area contributed by atoms with Gasteiger partial charge in [0.25, 0.3) is 0 Å². The van der Waals surface area contributed by atoms with Crippen LogP contribution in [-0.4, -0.2) is 17.7 Å². The highest BCUT2D eigenvalue weighted by Crippen LogP contribution is 2.19. The maximum Gasteiger partial charge on any atom is 0.341 e. The number of phenols is 1. The Kier molecular flexibility index (Phi) is 4.83. The van der Waals surface area contributed by atoms with E-state index in [0.29, 0.717) is 6.61 Å². The fourth-order valence-corrected chi connectivity index (χ4v) is 1.41. The summed E-state index contributed by atoms with van der Waals surface area (Å²) in [5.41, 5.74) is 1.15. The number of carbonyl (C=O) groups is 1. The molecule has 1 aromatic rings. The van der Waals surface area contributed by atoms with E-state index in [9.17, 15) is 9.90 Å². The summed E-state index contributed by atoms with van der Waals surface area (Å²) in [6.45, 7) is 4.36. The van der Waals surface area contributed by atoms with Crippen molar-refractivity contribution in [2.24, 2.45) is 0 Å². The first kappa shape index (κ1) is 12.6. The summed E-state index contributed by atoms with van der Waals surface area (Å²) in [6, 6.07) is 4.93.